The first-order chi connectivity index (χ1) is 7.27. The normalized spacial score (nSPS) is 28.7. The Bertz CT molecular complexity index is 405. The van der Waals surface area contributed by atoms with Crippen LogP contribution in [0.25, 0.3) is 0 Å². The average molecular weight is 224 g/mol. The number of nitrogens with one attached hydrogen (secondary N) is 1. The van der Waals surface area contributed by atoms with Gasteiger partial charge in [0.15, 0.2) is 0 Å². The smallest absolute Gasteiger partial charge is 0.0784 e. The number of fused-ring (bicyclic) bond motifs is 3. The fourth-order valence-corrected chi connectivity index (χ4v) is 2.80. The molecule has 1 fully saturated rings. The third-order valence-electron chi connectivity index (χ3n) is 3.47. The van der Waals surface area contributed by atoms with Gasteiger partial charge in [0.2, 0.25) is 0 Å². The summed E-state index contributed by atoms with van der Waals surface area (Å²) in [5.41, 5.74) is 3.72. The van der Waals surface area contributed by atoms with Gasteiger partial charge in [-0.1, -0.05) is 23.7 Å². The van der Waals surface area contributed by atoms with Crippen LogP contribution in [0.3, 0.4) is 0 Å². The van der Waals surface area contributed by atoms with Crippen LogP contribution < -0.4 is 5.32 Å². The van der Waals surface area contributed by atoms with Crippen LogP contribution in [0.4, 0.5) is 0 Å². The molecule has 1 aromatic rings. The topological polar surface area (TPSA) is 21.3 Å². The number of halogens is 1. The molecule has 0 spiro atoms. The van der Waals surface area contributed by atoms with Crippen LogP contribution in [-0.2, 0) is 11.3 Å². The summed E-state index contributed by atoms with van der Waals surface area (Å²) in [6, 6.07) is 4.32. The lowest BCUT2D eigenvalue weighted by Gasteiger charge is -2.29. The molecule has 2 heterocycles. The summed E-state index contributed by atoms with van der Waals surface area (Å²) in [4.78, 5) is 0. The molecular formula is C12H14ClNO. The van der Waals surface area contributed by atoms with E-state index in [4.69, 9.17) is 16.3 Å². The summed E-state index contributed by atoms with van der Waals surface area (Å²) < 4.78 is 5.82. The molecule has 0 aliphatic carbocycles. The van der Waals surface area contributed by atoms with Crippen LogP contribution in [0.5, 0.6) is 0 Å². The van der Waals surface area contributed by atoms with Crippen LogP contribution in [-0.4, -0.2) is 19.2 Å². The van der Waals surface area contributed by atoms with Gasteiger partial charge >= 0.3 is 0 Å². The SMILES string of the molecule is Cc1ccc2c(c1Cl)CO[C@H]1CNC[C@@H]21. The fraction of sp³-hybridized carbons (Fsp3) is 0.500. The predicted octanol–water partition coefficient (Wildman–Crippen LogP) is 2.23. The summed E-state index contributed by atoms with van der Waals surface area (Å²) in [7, 11) is 0. The molecule has 0 unspecified atom stereocenters. The van der Waals surface area contributed by atoms with Gasteiger partial charge in [-0.2, -0.15) is 0 Å². The first-order valence-electron chi connectivity index (χ1n) is 5.37. The van der Waals surface area contributed by atoms with E-state index in [1.165, 1.54) is 11.1 Å². The van der Waals surface area contributed by atoms with Gasteiger partial charge in [0, 0.05) is 29.6 Å². The zero-order valence-corrected chi connectivity index (χ0v) is 9.47. The van der Waals surface area contributed by atoms with E-state index in [9.17, 15) is 0 Å². The largest absolute Gasteiger partial charge is 0.371 e. The van der Waals surface area contributed by atoms with Crippen molar-refractivity contribution in [3.8, 4) is 0 Å². The third kappa shape index (κ3) is 1.40. The van der Waals surface area contributed by atoms with Crippen molar-refractivity contribution in [1.29, 1.82) is 0 Å². The number of ether oxygens (including phenoxy) is 1. The van der Waals surface area contributed by atoms with E-state index < -0.39 is 0 Å². The Hall–Kier alpha value is -0.570. The molecule has 15 heavy (non-hydrogen) atoms. The zero-order chi connectivity index (χ0) is 10.4. The highest BCUT2D eigenvalue weighted by Gasteiger charge is 2.35. The molecule has 0 bridgehead atoms. The van der Waals surface area contributed by atoms with Crippen molar-refractivity contribution in [3.63, 3.8) is 0 Å². The Balaban J connectivity index is 2.11. The van der Waals surface area contributed by atoms with Gasteiger partial charge in [0.05, 0.1) is 12.7 Å². The van der Waals surface area contributed by atoms with Crippen LogP contribution in [0, 0.1) is 6.92 Å². The van der Waals surface area contributed by atoms with Gasteiger partial charge in [-0.15, -0.1) is 0 Å². The van der Waals surface area contributed by atoms with Crippen LogP contribution in [0.15, 0.2) is 12.1 Å². The lowest BCUT2D eigenvalue weighted by molar-refractivity contribution is 0.0299. The lowest BCUT2D eigenvalue weighted by Crippen LogP contribution is -2.27. The van der Waals surface area contributed by atoms with Crippen molar-refractivity contribution in [1.82, 2.24) is 5.32 Å². The highest BCUT2D eigenvalue weighted by atomic mass is 35.5. The van der Waals surface area contributed by atoms with Crippen LogP contribution in [0.1, 0.15) is 22.6 Å². The molecule has 3 heteroatoms. The third-order valence-corrected chi connectivity index (χ3v) is 4.00. The Morgan fingerprint density at radius 1 is 1.40 bits per heavy atom. The molecule has 1 N–H and O–H groups in total. The Labute approximate surface area is 94.6 Å². The van der Waals surface area contributed by atoms with Crippen LogP contribution in [0.2, 0.25) is 5.02 Å². The fourth-order valence-electron chi connectivity index (χ4n) is 2.58. The van der Waals surface area contributed by atoms with E-state index in [0.717, 1.165) is 23.7 Å². The minimum atomic E-state index is 0.344. The van der Waals surface area contributed by atoms with Gasteiger partial charge in [-0.3, -0.25) is 0 Å². The molecule has 0 radical (unpaired) electrons. The summed E-state index contributed by atoms with van der Waals surface area (Å²) in [6.07, 6.45) is 0.344. The van der Waals surface area contributed by atoms with Gasteiger partial charge in [-0.05, 0) is 18.1 Å². The molecule has 1 saturated heterocycles. The van der Waals surface area contributed by atoms with E-state index in [1.807, 2.05) is 6.92 Å². The van der Waals surface area contributed by atoms with Crippen LogP contribution >= 0.6 is 11.6 Å². The molecule has 0 amide bonds. The van der Waals surface area contributed by atoms with Crippen molar-refractivity contribution in [3.05, 3.63) is 33.8 Å². The molecule has 2 atom stereocenters. The highest BCUT2D eigenvalue weighted by Crippen LogP contribution is 2.37. The minimum absolute atomic E-state index is 0.344. The van der Waals surface area contributed by atoms with Crippen molar-refractivity contribution < 1.29 is 4.74 Å². The first-order valence-corrected chi connectivity index (χ1v) is 5.75. The van der Waals surface area contributed by atoms with Gasteiger partial charge < -0.3 is 10.1 Å². The maximum Gasteiger partial charge on any atom is 0.0784 e. The molecule has 80 valence electrons. The Morgan fingerprint density at radius 2 is 2.27 bits per heavy atom. The number of benzene rings is 1. The van der Waals surface area contributed by atoms with E-state index in [2.05, 4.69) is 17.4 Å². The molecule has 0 saturated carbocycles. The molecule has 2 aliphatic heterocycles. The summed E-state index contributed by atoms with van der Waals surface area (Å²) in [5.74, 6) is 0.492. The van der Waals surface area contributed by atoms with Gasteiger partial charge in [0.1, 0.15) is 0 Å². The quantitative estimate of drug-likeness (QED) is 0.729. The van der Waals surface area contributed by atoms with E-state index >= 15 is 0 Å². The Kier molecular flexibility index (Phi) is 2.23. The number of hydrogen-bond donors (Lipinski definition) is 1. The molecular weight excluding hydrogens is 210 g/mol. The van der Waals surface area contributed by atoms with E-state index in [0.29, 0.717) is 18.6 Å². The average Bonchev–Trinajstić information content (AvgIpc) is 2.71. The summed E-state index contributed by atoms with van der Waals surface area (Å²) in [6.45, 7) is 4.69. The zero-order valence-electron chi connectivity index (χ0n) is 8.72. The molecule has 3 rings (SSSR count). The second-order valence-electron chi connectivity index (χ2n) is 4.38. The second kappa shape index (κ2) is 3.48. The van der Waals surface area contributed by atoms with Crippen molar-refractivity contribution in [2.24, 2.45) is 0 Å². The van der Waals surface area contributed by atoms with E-state index in [1.54, 1.807) is 0 Å². The van der Waals surface area contributed by atoms with Crippen molar-refractivity contribution in [2.45, 2.75) is 25.6 Å². The molecule has 2 nitrogen and oxygen atoms in total. The highest BCUT2D eigenvalue weighted by molar-refractivity contribution is 6.32. The molecule has 1 aromatic carbocycles. The number of hydrogen-bond acceptors (Lipinski definition) is 2. The maximum absolute atomic E-state index is 6.30. The standard InChI is InChI=1S/C12H14ClNO/c1-7-2-3-8-9-4-14-5-11(9)15-6-10(8)12(7)13/h2-3,9,11,14H,4-6H2,1H3/t9-,11-/m0/s1. The molecule has 0 aromatic heterocycles. The summed E-state index contributed by atoms with van der Waals surface area (Å²) >= 11 is 6.30. The predicted molar refractivity (Wildman–Crippen MR) is 60.4 cm³/mol. The second-order valence-corrected chi connectivity index (χ2v) is 4.76. The number of aryl methyl sites for hydroxylation is 1. The lowest BCUT2D eigenvalue weighted by atomic mass is 9.89. The van der Waals surface area contributed by atoms with E-state index in [-0.39, 0.29) is 0 Å². The first kappa shape index (κ1) is 9.64. The van der Waals surface area contributed by atoms with Crippen molar-refractivity contribution >= 4 is 11.6 Å². The van der Waals surface area contributed by atoms with Gasteiger partial charge in [-0.25, -0.2) is 0 Å². The van der Waals surface area contributed by atoms with Crippen molar-refractivity contribution in [2.75, 3.05) is 13.1 Å². The monoisotopic (exact) mass is 223 g/mol. The summed E-state index contributed by atoms with van der Waals surface area (Å²) in [5, 5.41) is 4.26. The van der Waals surface area contributed by atoms with Gasteiger partial charge in [0.25, 0.3) is 0 Å². The Morgan fingerprint density at radius 3 is 3.13 bits per heavy atom. The minimum Gasteiger partial charge on any atom is -0.371 e. The maximum atomic E-state index is 6.30. The number of rotatable bonds is 0. The molecule has 2 aliphatic rings.